The number of hydrogen-bond acceptors (Lipinski definition) is 4. The third-order valence-corrected chi connectivity index (χ3v) is 4.19. The highest BCUT2D eigenvalue weighted by molar-refractivity contribution is 5.80. The van der Waals surface area contributed by atoms with E-state index in [1.54, 1.807) is 0 Å². The van der Waals surface area contributed by atoms with Crippen molar-refractivity contribution in [3.63, 3.8) is 0 Å². The van der Waals surface area contributed by atoms with Crippen molar-refractivity contribution in [3.8, 4) is 0 Å². The lowest BCUT2D eigenvalue weighted by Gasteiger charge is -2.24. The molecule has 0 aliphatic carbocycles. The van der Waals surface area contributed by atoms with Crippen molar-refractivity contribution in [1.82, 2.24) is 4.90 Å². The van der Waals surface area contributed by atoms with Gasteiger partial charge in [-0.25, -0.2) is 0 Å². The zero-order valence-electron chi connectivity index (χ0n) is 10.9. The summed E-state index contributed by atoms with van der Waals surface area (Å²) in [4.78, 5) is 7.01. The first-order valence-electron chi connectivity index (χ1n) is 6.98. The molecular weight excluding hydrogens is 212 g/mol. The topological polar surface area (TPSA) is 67.6 Å². The van der Waals surface area contributed by atoms with Crippen molar-refractivity contribution in [1.29, 1.82) is 0 Å². The molecule has 17 heavy (non-hydrogen) atoms. The van der Waals surface area contributed by atoms with Gasteiger partial charge in [0.2, 0.25) is 0 Å². The second kappa shape index (κ2) is 5.83. The van der Waals surface area contributed by atoms with Crippen LogP contribution in [0.2, 0.25) is 0 Å². The summed E-state index contributed by atoms with van der Waals surface area (Å²) in [6, 6.07) is 0.431. The second-order valence-electron chi connectivity index (χ2n) is 5.60. The van der Waals surface area contributed by atoms with Gasteiger partial charge in [-0.3, -0.25) is 9.89 Å². The highest BCUT2D eigenvalue weighted by Gasteiger charge is 2.27. The predicted octanol–water partition coefficient (Wildman–Crippen LogP) is 1.30. The lowest BCUT2D eigenvalue weighted by molar-refractivity contribution is 0.227. The zero-order chi connectivity index (χ0) is 12.3. The van der Waals surface area contributed by atoms with E-state index in [2.05, 4.69) is 16.8 Å². The van der Waals surface area contributed by atoms with Crippen LogP contribution in [-0.2, 0) is 0 Å². The van der Waals surface area contributed by atoms with Crippen LogP contribution in [-0.4, -0.2) is 36.0 Å². The molecular formula is C13H26N4. The Bertz CT molecular complexity index is 277. The Morgan fingerprint density at radius 2 is 2.18 bits per heavy atom. The van der Waals surface area contributed by atoms with Crippen molar-refractivity contribution in [3.05, 3.63) is 0 Å². The van der Waals surface area contributed by atoms with E-state index in [4.69, 9.17) is 11.5 Å². The summed E-state index contributed by atoms with van der Waals surface area (Å²) in [5, 5.41) is 0. The molecule has 2 aliphatic rings. The maximum absolute atomic E-state index is 6.16. The van der Waals surface area contributed by atoms with Gasteiger partial charge in [-0.15, -0.1) is 0 Å². The molecule has 1 fully saturated rings. The predicted molar refractivity (Wildman–Crippen MR) is 71.8 cm³/mol. The molecule has 0 aromatic heterocycles. The SMILES string of the molecule is CC1CCN(CCC2CCCCC(N)=N2)C1N. The lowest BCUT2D eigenvalue weighted by Crippen LogP contribution is -2.40. The minimum absolute atomic E-state index is 0.252. The molecule has 4 N–H and O–H groups in total. The first-order chi connectivity index (χ1) is 8.16. The van der Waals surface area contributed by atoms with E-state index in [-0.39, 0.29) is 6.17 Å². The third-order valence-electron chi connectivity index (χ3n) is 4.19. The van der Waals surface area contributed by atoms with Crippen LogP contribution >= 0.6 is 0 Å². The third kappa shape index (κ3) is 3.42. The Kier molecular flexibility index (Phi) is 4.40. The fourth-order valence-electron chi connectivity index (χ4n) is 2.88. The maximum atomic E-state index is 6.16. The van der Waals surface area contributed by atoms with Crippen molar-refractivity contribution < 1.29 is 0 Å². The summed E-state index contributed by atoms with van der Waals surface area (Å²) in [6.07, 6.45) is 7.24. The van der Waals surface area contributed by atoms with E-state index in [0.717, 1.165) is 31.8 Å². The van der Waals surface area contributed by atoms with Crippen molar-refractivity contribution in [2.75, 3.05) is 13.1 Å². The number of amidine groups is 1. The molecule has 98 valence electrons. The summed E-state index contributed by atoms with van der Waals surface area (Å²) < 4.78 is 0. The fourth-order valence-corrected chi connectivity index (χ4v) is 2.88. The van der Waals surface area contributed by atoms with Gasteiger partial charge in [0, 0.05) is 13.0 Å². The van der Waals surface area contributed by atoms with Gasteiger partial charge in [0.05, 0.1) is 18.0 Å². The second-order valence-corrected chi connectivity index (χ2v) is 5.60. The van der Waals surface area contributed by atoms with Crippen LogP contribution in [0.3, 0.4) is 0 Å². The van der Waals surface area contributed by atoms with Gasteiger partial charge in [-0.1, -0.05) is 13.3 Å². The smallest absolute Gasteiger partial charge is 0.0940 e. The molecule has 4 nitrogen and oxygen atoms in total. The molecule has 1 saturated heterocycles. The van der Waals surface area contributed by atoms with Gasteiger partial charge in [0.15, 0.2) is 0 Å². The molecule has 0 radical (unpaired) electrons. The van der Waals surface area contributed by atoms with Crippen LogP contribution < -0.4 is 11.5 Å². The molecule has 0 aromatic carbocycles. The lowest BCUT2D eigenvalue weighted by atomic mass is 10.1. The van der Waals surface area contributed by atoms with E-state index in [9.17, 15) is 0 Å². The molecule has 3 unspecified atom stereocenters. The summed E-state index contributed by atoms with van der Waals surface area (Å²) in [7, 11) is 0. The first kappa shape index (κ1) is 12.8. The van der Waals surface area contributed by atoms with Crippen LogP contribution in [0.5, 0.6) is 0 Å². The van der Waals surface area contributed by atoms with E-state index in [0.29, 0.717) is 12.0 Å². The zero-order valence-corrected chi connectivity index (χ0v) is 10.9. The monoisotopic (exact) mass is 238 g/mol. The summed E-state index contributed by atoms with van der Waals surface area (Å²) >= 11 is 0. The van der Waals surface area contributed by atoms with Gasteiger partial charge in [0.1, 0.15) is 0 Å². The van der Waals surface area contributed by atoms with Crippen LogP contribution in [0.25, 0.3) is 0 Å². The number of rotatable bonds is 3. The Hall–Kier alpha value is -0.610. The molecule has 0 amide bonds. The molecule has 2 rings (SSSR count). The Morgan fingerprint density at radius 3 is 2.88 bits per heavy atom. The number of nitrogens with zero attached hydrogens (tertiary/aromatic N) is 2. The molecule has 2 aliphatic heterocycles. The number of aliphatic imine (C=N–C) groups is 1. The normalized spacial score (nSPS) is 35.6. The van der Waals surface area contributed by atoms with E-state index in [1.807, 2.05) is 0 Å². The van der Waals surface area contributed by atoms with Crippen LogP contribution in [0, 0.1) is 5.92 Å². The number of nitrogens with two attached hydrogens (primary N) is 2. The average Bonchev–Trinajstić information content (AvgIpc) is 2.52. The molecule has 0 bridgehead atoms. The average molecular weight is 238 g/mol. The molecule has 0 saturated carbocycles. The van der Waals surface area contributed by atoms with Gasteiger partial charge >= 0.3 is 0 Å². The van der Waals surface area contributed by atoms with Crippen molar-refractivity contribution in [2.24, 2.45) is 22.4 Å². The van der Waals surface area contributed by atoms with Gasteiger partial charge in [0.25, 0.3) is 0 Å². The van der Waals surface area contributed by atoms with Gasteiger partial charge < -0.3 is 11.5 Å². The van der Waals surface area contributed by atoms with E-state index in [1.165, 1.54) is 25.7 Å². The quantitative estimate of drug-likeness (QED) is 0.779. The summed E-state index contributed by atoms with van der Waals surface area (Å²) in [5.74, 6) is 1.49. The minimum Gasteiger partial charge on any atom is -0.387 e. The van der Waals surface area contributed by atoms with Crippen LogP contribution in [0.15, 0.2) is 4.99 Å². The standard InChI is InChI=1S/C13H26N4/c1-10-6-8-17(13(10)15)9-7-11-4-2-3-5-12(14)16-11/h10-11,13H,2-9,15H2,1H3,(H2,14,16). The Morgan fingerprint density at radius 1 is 1.35 bits per heavy atom. The summed E-state index contributed by atoms with van der Waals surface area (Å²) in [5.41, 5.74) is 12.0. The highest BCUT2D eigenvalue weighted by Crippen LogP contribution is 2.22. The van der Waals surface area contributed by atoms with Gasteiger partial charge in [-0.05, 0) is 38.1 Å². The van der Waals surface area contributed by atoms with Gasteiger partial charge in [-0.2, -0.15) is 0 Å². The van der Waals surface area contributed by atoms with Crippen molar-refractivity contribution >= 4 is 5.84 Å². The minimum atomic E-state index is 0.252. The fraction of sp³-hybridized carbons (Fsp3) is 0.923. The molecule has 4 heteroatoms. The highest BCUT2D eigenvalue weighted by atomic mass is 15.2. The van der Waals surface area contributed by atoms with Crippen LogP contribution in [0.1, 0.15) is 45.4 Å². The first-order valence-corrected chi connectivity index (χ1v) is 6.98. The van der Waals surface area contributed by atoms with E-state index < -0.39 is 0 Å². The number of likely N-dealkylation sites (tertiary alicyclic amines) is 1. The maximum Gasteiger partial charge on any atom is 0.0940 e. The van der Waals surface area contributed by atoms with Crippen LogP contribution in [0.4, 0.5) is 0 Å². The van der Waals surface area contributed by atoms with E-state index >= 15 is 0 Å². The molecule has 2 heterocycles. The molecule has 0 aromatic rings. The molecule has 3 atom stereocenters. The number of hydrogen-bond donors (Lipinski definition) is 2. The Balaban J connectivity index is 1.79. The molecule has 0 spiro atoms. The Labute approximate surface area is 104 Å². The largest absolute Gasteiger partial charge is 0.387 e. The summed E-state index contributed by atoms with van der Waals surface area (Å²) in [6.45, 7) is 4.47. The van der Waals surface area contributed by atoms with Crippen molar-refractivity contribution in [2.45, 2.75) is 57.7 Å².